The number of rotatable bonds is 8. The molecule has 0 aliphatic heterocycles. The zero-order chi connectivity index (χ0) is 21.4. The van der Waals surface area contributed by atoms with E-state index >= 15 is 0 Å². The molecule has 0 amide bonds. The molecule has 0 saturated carbocycles. The van der Waals surface area contributed by atoms with Gasteiger partial charge in [-0.1, -0.05) is 11.2 Å². The standard InChI is InChI=1S/C21H24F3NO3S/c1-3-4-10-28-25-14(2)20-18(26)12-15(13-19(20)27)9-11-29-17-7-5-16(6-8-17)21(22,23)24/h3-8,15,26H,9-13H2,1-2H3/b4-3+,25-14+. The highest BCUT2D eigenvalue weighted by Crippen LogP contribution is 2.33. The minimum absolute atomic E-state index is 0.00931. The maximum absolute atomic E-state index is 12.6. The van der Waals surface area contributed by atoms with Crippen LogP contribution in [0.5, 0.6) is 0 Å². The SMILES string of the molecule is C/C=C/CO/N=C(\C)C1=C(O)CC(CCSc2ccc(C(F)(F)F)cc2)CC1=O. The van der Waals surface area contributed by atoms with Crippen molar-refractivity contribution in [1.82, 2.24) is 0 Å². The van der Waals surface area contributed by atoms with E-state index in [0.29, 0.717) is 37.3 Å². The Labute approximate surface area is 172 Å². The van der Waals surface area contributed by atoms with Gasteiger partial charge >= 0.3 is 6.18 Å². The molecule has 29 heavy (non-hydrogen) atoms. The fraction of sp³-hybridized carbons (Fsp3) is 0.429. The van der Waals surface area contributed by atoms with Crippen molar-refractivity contribution < 1.29 is 27.9 Å². The van der Waals surface area contributed by atoms with E-state index in [0.717, 1.165) is 17.0 Å². The monoisotopic (exact) mass is 427 g/mol. The Morgan fingerprint density at radius 3 is 2.59 bits per heavy atom. The zero-order valence-corrected chi connectivity index (χ0v) is 17.1. The van der Waals surface area contributed by atoms with Gasteiger partial charge in [0.1, 0.15) is 12.4 Å². The largest absolute Gasteiger partial charge is 0.511 e. The van der Waals surface area contributed by atoms with Gasteiger partial charge in [-0.25, -0.2) is 0 Å². The molecular weight excluding hydrogens is 403 g/mol. The second-order valence-corrected chi connectivity index (χ2v) is 7.89. The van der Waals surface area contributed by atoms with Crippen LogP contribution in [-0.2, 0) is 15.8 Å². The Kier molecular flexibility index (Phi) is 8.37. The highest BCUT2D eigenvalue weighted by molar-refractivity contribution is 7.99. The molecule has 2 rings (SSSR count). The molecule has 1 aliphatic carbocycles. The number of allylic oxidation sites excluding steroid dienone is 3. The summed E-state index contributed by atoms with van der Waals surface area (Å²) in [6.45, 7) is 3.77. The predicted octanol–water partition coefficient (Wildman–Crippen LogP) is 5.95. The van der Waals surface area contributed by atoms with Crippen LogP contribution < -0.4 is 0 Å². The van der Waals surface area contributed by atoms with Crippen LogP contribution in [0.25, 0.3) is 0 Å². The summed E-state index contributed by atoms with van der Waals surface area (Å²) in [5.74, 6) is 0.478. The van der Waals surface area contributed by atoms with Gasteiger partial charge in [0.15, 0.2) is 5.78 Å². The second-order valence-electron chi connectivity index (χ2n) is 6.72. The fourth-order valence-electron chi connectivity index (χ4n) is 2.99. The first-order chi connectivity index (χ1) is 13.7. The minimum Gasteiger partial charge on any atom is -0.511 e. The molecule has 1 aromatic rings. The van der Waals surface area contributed by atoms with Crippen LogP contribution in [0.4, 0.5) is 13.2 Å². The van der Waals surface area contributed by atoms with Crippen LogP contribution in [0.2, 0.25) is 0 Å². The predicted molar refractivity (Wildman–Crippen MR) is 108 cm³/mol. The number of hydrogen-bond acceptors (Lipinski definition) is 5. The lowest BCUT2D eigenvalue weighted by molar-refractivity contribution is -0.137. The van der Waals surface area contributed by atoms with Gasteiger partial charge in [0.2, 0.25) is 0 Å². The van der Waals surface area contributed by atoms with Gasteiger partial charge in [-0.15, -0.1) is 11.8 Å². The van der Waals surface area contributed by atoms with Crippen LogP contribution in [0.1, 0.15) is 38.7 Å². The molecule has 1 unspecified atom stereocenters. The number of oxime groups is 1. The van der Waals surface area contributed by atoms with E-state index in [1.807, 2.05) is 13.0 Å². The lowest BCUT2D eigenvalue weighted by atomic mass is 9.84. The van der Waals surface area contributed by atoms with Crippen LogP contribution >= 0.6 is 11.8 Å². The fourth-order valence-corrected chi connectivity index (χ4v) is 4.01. The Morgan fingerprint density at radius 2 is 2.00 bits per heavy atom. The molecule has 158 valence electrons. The van der Waals surface area contributed by atoms with Crippen LogP contribution in [0.15, 0.2) is 57.8 Å². The number of thioether (sulfide) groups is 1. The smallest absolute Gasteiger partial charge is 0.416 e. The third-order valence-electron chi connectivity index (χ3n) is 4.47. The van der Waals surface area contributed by atoms with Crippen molar-refractivity contribution in [3.8, 4) is 0 Å². The first-order valence-electron chi connectivity index (χ1n) is 9.25. The quantitative estimate of drug-likeness (QED) is 0.183. The van der Waals surface area contributed by atoms with Gasteiger partial charge in [-0.2, -0.15) is 13.2 Å². The number of alkyl halides is 3. The van der Waals surface area contributed by atoms with Crippen molar-refractivity contribution in [1.29, 1.82) is 0 Å². The summed E-state index contributed by atoms with van der Waals surface area (Å²) in [5.41, 5.74) is -0.0965. The maximum atomic E-state index is 12.6. The van der Waals surface area contributed by atoms with E-state index in [4.69, 9.17) is 4.84 Å². The van der Waals surface area contributed by atoms with Crippen molar-refractivity contribution >= 4 is 23.3 Å². The van der Waals surface area contributed by atoms with Gasteiger partial charge in [-0.3, -0.25) is 4.79 Å². The van der Waals surface area contributed by atoms with E-state index in [1.54, 1.807) is 13.0 Å². The molecule has 0 radical (unpaired) electrons. The number of hydrogen-bond donors (Lipinski definition) is 1. The molecular formula is C21H24F3NO3S. The summed E-state index contributed by atoms with van der Waals surface area (Å²) in [6, 6.07) is 5.02. The van der Waals surface area contributed by atoms with E-state index in [-0.39, 0.29) is 23.0 Å². The van der Waals surface area contributed by atoms with Crippen molar-refractivity contribution in [3.63, 3.8) is 0 Å². The second kappa shape index (κ2) is 10.5. The summed E-state index contributed by atoms with van der Waals surface area (Å²) in [5, 5.41) is 14.2. The molecule has 0 saturated heterocycles. The molecule has 1 atom stereocenters. The highest BCUT2D eigenvalue weighted by atomic mass is 32.2. The summed E-state index contributed by atoms with van der Waals surface area (Å²) in [6.07, 6.45) is 0.596. The molecule has 1 aliphatic rings. The van der Waals surface area contributed by atoms with E-state index in [2.05, 4.69) is 5.16 Å². The van der Waals surface area contributed by atoms with Gasteiger partial charge in [-0.05, 0) is 62.3 Å². The summed E-state index contributed by atoms with van der Waals surface area (Å²) >= 11 is 1.43. The number of carbonyl (C=O) groups is 1. The Hall–Kier alpha value is -2.22. The number of aliphatic hydroxyl groups is 1. The Morgan fingerprint density at radius 1 is 1.31 bits per heavy atom. The lowest BCUT2D eigenvalue weighted by Crippen LogP contribution is -2.24. The Bertz CT molecular complexity index is 798. The van der Waals surface area contributed by atoms with Gasteiger partial charge < -0.3 is 9.94 Å². The minimum atomic E-state index is -4.34. The summed E-state index contributed by atoms with van der Waals surface area (Å²) in [4.78, 5) is 18.3. The number of Topliss-reactive ketones (excluding diaryl/α,β-unsaturated/α-hetero) is 1. The topological polar surface area (TPSA) is 58.9 Å². The highest BCUT2D eigenvalue weighted by Gasteiger charge is 2.30. The molecule has 0 heterocycles. The number of benzene rings is 1. The molecule has 8 heteroatoms. The van der Waals surface area contributed by atoms with Gasteiger partial charge in [0.05, 0.1) is 16.8 Å². The number of carbonyl (C=O) groups excluding carboxylic acids is 1. The Balaban J connectivity index is 1.88. The van der Waals surface area contributed by atoms with Crippen LogP contribution in [0.3, 0.4) is 0 Å². The molecule has 4 nitrogen and oxygen atoms in total. The van der Waals surface area contributed by atoms with E-state index in [1.165, 1.54) is 23.9 Å². The third kappa shape index (κ3) is 6.96. The van der Waals surface area contributed by atoms with Crippen LogP contribution in [0, 0.1) is 5.92 Å². The normalized spacial score (nSPS) is 18.6. The first-order valence-corrected chi connectivity index (χ1v) is 10.2. The average molecular weight is 427 g/mol. The molecule has 0 aromatic heterocycles. The molecule has 0 spiro atoms. The first kappa shape index (κ1) is 23.1. The molecule has 1 N–H and O–H groups in total. The maximum Gasteiger partial charge on any atom is 0.416 e. The van der Waals surface area contributed by atoms with E-state index in [9.17, 15) is 23.1 Å². The molecule has 0 bridgehead atoms. The molecule has 0 fully saturated rings. The number of halogens is 3. The third-order valence-corrected chi connectivity index (χ3v) is 5.52. The van der Waals surface area contributed by atoms with Gasteiger partial charge in [0.25, 0.3) is 0 Å². The van der Waals surface area contributed by atoms with Gasteiger partial charge in [0, 0.05) is 17.7 Å². The molecule has 1 aromatic carbocycles. The summed E-state index contributed by atoms with van der Waals surface area (Å²) in [7, 11) is 0. The van der Waals surface area contributed by atoms with Crippen molar-refractivity contribution in [2.45, 2.75) is 44.2 Å². The summed E-state index contributed by atoms with van der Waals surface area (Å²) < 4.78 is 37.8. The van der Waals surface area contributed by atoms with Crippen molar-refractivity contribution in [2.24, 2.45) is 11.1 Å². The number of nitrogens with zero attached hydrogens (tertiary/aromatic N) is 1. The number of ketones is 1. The van der Waals surface area contributed by atoms with Crippen molar-refractivity contribution in [3.05, 3.63) is 53.3 Å². The average Bonchev–Trinajstić information content (AvgIpc) is 2.64. The van der Waals surface area contributed by atoms with Crippen LogP contribution in [-0.4, -0.2) is 29.0 Å². The lowest BCUT2D eigenvalue weighted by Gasteiger charge is -2.23. The van der Waals surface area contributed by atoms with E-state index < -0.39 is 11.7 Å². The zero-order valence-electron chi connectivity index (χ0n) is 16.3. The van der Waals surface area contributed by atoms with Crippen molar-refractivity contribution in [2.75, 3.05) is 12.4 Å². The number of aliphatic hydroxyl groups excluding tert-OH is 1.